The third-order valence-electron chi connectivity index (χ3n) is 1.71. The molecule has 1 aromatic rings. The van der Waals surface area contributed by atoms with E-state index < -0.39 is 0 Å². The van der Waals surface area contributed by atoms with Crippen molar-refractivity contribution < 1.29 is 4.74 Å². The third kappa shape index (κ3) is 2.28. The molecule has 1 nitrogen and oxygen atoms in total. The van der Waals surface area contributed by atoms with Crippen molar-refractivity contribution in [3.05, 3.63) is 30.3 Å². The molecule has 11 heavy (non-hydrogen) atoms. The summed E-state index contributed by atoms with van der Waals surface area (Å²) >= 11 is 0. The van der Waals surface area contributed by atoms with Crippen LogP contribution >= 0.6 is 8.58 Å². The van der Waals surface area contributed by atoms with Gasteiger partial charge in [-0.25, -0.2) is 0 Å². The average Bonchev–Trinajstić information content (AvgIpc) is 2.86. The Hall–Kier alpha value is -0.390. The van der Waals surface area contributed by atoms with Gasteiger partial charge in [0.15, 0.2) is 0 Å². The zero-order valence-electron chi connectivity index (χ0n) is 6.29. The molecule has 1 fully saturated rings. The molecule has 2 rings (SSSR count). The van der Waals surface area contributed by atoms with Gasteiger partial charge in [0.05, 0.1) is 12.7 Å². The van der Waals surface area contributed by atoms with Gasteiger partial charge in [-0.1, -0.05) is 38.9 Å². The van der Waals surface area contributed by atoms with E-state index in [9.17, 15) is 0 Å². The molecule has 2 atom stereocenters. The molecule has 0 saturated carbocycles. The maximum atomic E-state index is 5.14. The Bertz CT molecular complexity index is 218. The molecule has 1 aliphatic rings. The molecule has 2 heteroatoms. The Balaban J connectivity index is 1.85. The molecular formula is C9H11OP. The van der Waals surface area contributed by atoms with Crippen LogP contribution in [0.1, 0.15) is 0 Å². The van der Waals surface area contributed by atoms with Crippen molar-refractivity contribution in [2.45, 2.75) is 6.10 Å². The Kier molecular flexibility index (Phi) is 2.21. The second-order valence-corrected chi connectivity index (χ2v) is 4.04. The van der Waals surface area contributed by atoms with Gasteiger partial charge in [-0.05, 0) is 11.5 Å². The number of benzene rings is 1. The summed E-state index contributed by atoms with van der Waals surface area (Å²) in [5.74, 6) is 0. The molecule has 0 radical (unpaired) electrons. The summed E-state index contributed by atoms with van der Waals surface area (Å²) in [7, 11) is 0.922. The number of hydrogen-bond donors (Lipinski definition) is 0. The van der Waals surface area contributed by atoms with E-state index in [4.69, 9.17) is 4.74 Å². The molecule has 0 amide bonds. The normalized spacial score (nSPS) is 22.7. The van der Waals surface area contributed by atoms with Gasteiger partial charge < -0.3 is 4.74 Å². The van der Waals surface area contributed by atoms with Gasteiger partial charge in [-0.2, -0.15) is 0 Å². The highest BCUT2D eigenvalue weighted by atomic mass is 31.1. The summed E-state index contributed by atoms with van der Waals surface area (Å²) < 4.78 is 5.14. The Morgan fingerprint density at radius 2 is 2.09 bits per heavy atom. The molecular weight excluding hydrogens is 155 g/mol. The summed E-state index contributed by atoms with van der Waals surface area (Å²) in [6.07, 6.45) is 1.79. The minimum absolute atomic E-state index is 0.577. The quantitative estimate of drug-likeness (QED) is 0.488. The van der Waals surface area contributed by atoms with Crippen molar-refractivity contribution in [1.29, 1.82) is 0 Å². The van der Waals surface area contributed by atoms with Crippen LogP contribution in [0, 0.1) is 0 Å². The lowest BCUT2D eigenvalue weighted by molar-refractivity contribution is 0.426. The average molecular weight is 166 g/mol. The first kappa shape index (κ1) is 7.27. The van der Waals surface area contributed by atoms with Crippen molar-refractivity contribution >= 4 is 13.9 Å². The second kappa shape index (κ2) is 3.34. The van der Waals surface area contributed by atoms with Crippen molar-refractivity contribution in [1.82, 2.24) is 0 Å². The highest BCUT2D eigenvalue weighted by molar-refractivity contribution is 7.47. The maximum Gasteiger partial charge on any atom is 0.0849 e. The van der Waals surface area contributed by atoms with Gasteiger partial charge in [-0.3, -0.25) is 0 Å². The predicted molar refractivity (Wildman–Crippen MR) is 49.0 cm³/mol. The Morgan fingerprint density at radius 1 is 1.36 bits per heavy atom. The lowest BCUT2D eigenvalue weighted by atomic mass is 10.4. The van der Waals surface area contributed by atoms with E-state index in [1.54, 1.807) is 0 Å². The summed E-state index contributed by atoms with van der Waals surface area (Å²) in [4.78, 5) is 0. The summed E-state index contributed by atoms with van der Waals surface area (Å²) in [6.45, 7) is 0.986. The fourth-order valence-corrected chi connectivity index (χ4v) is 2.10. The molecule has 0 bridgehead atoms. The fraction of sp³-hybridized carbons (Fsp3) is 0.333. The Morgan fingerprint density at radius 3 is 2.73 bits per heavy atom. The molecule has 0 spiro atoms. The van der Waals surface area contributed by atoms with Gasteiger partial charge >= 0.3 is 0 Å². The van der Waals surface area contributed by atoms with Crippen LogP contribution in [0.25, 0.3) is 0 Å². The zero-order valence-corrected chi connectivity index (χ0v) is 7.29. The zero-order chi connectivity index (χ0) is 7.52. The largest absolute Gasteiger partial charge is 0.373 e. The first-order valence-electron chi connectivity index (χ1n) is 3.86. The summed E-state index contributed by atoms with van der Waals surface area (Å²) in [5.41, 5.74) is 0. The van der Waals surface area contributed by atoms with Gasteiger partial charge in [0.1, 0.15) is 0 Å². The lowest BCUT2D eigenvalue weighted by Gasteiger charge is -1.96. The number of rotatable bonds is 3. The van der Waals surface area contributed by atoms with E-state index in [2.05, 4.69) is 30.3 Å². The van der Waals surface area contributed by atoms with Crippen LogP contribution in [0.15, 0.2) is 30.3 Å². The minimum Gasteiger partial charge on any atom is -0.373 e. The van der Waals surface area contributed by atoms with Crippen LogP contribution in [0.4, 0.5) is 0 Å². The van der Waals surface area contributed by atoms with Crippen molar-refractivity contribution in [3.8, 4) is 0 Å². The molecule has 0 aliphatic carbocycles. The van der Waals surface area contributed by atoms with Crippen LogP contribution in [0.3, 0.4) is 0 Å². The van der Waals surface area contributed by atoms with Crippen LogP contribution in [-0.4, -0.2) is 18.9 Å². The highest BCUT2D eigenvalue weighted by Gasteiger charge is 2.21. The molecule has 2 unspecified atom stereocenters. The number of epoxide rings is 1. The van der Waals surface area contributed by atoms with Gasteiger partial charge in [0, 0.05) is 0 Å². The van der Waals surface area contributed by atoms with Gasteiger partial charge in [-0.15, -0.1) is 0 Å². The summed E-state index contributed by atoms with van der Waals surface area (Å²) in [6, 6.07) is 10.6. The SMILES string of the molecule is c1ccc(PCC2CO2)cc1. The van der Waals surface area contributed by atoms with Gasteiger partial charge in [0.25, 0.3) is 0 Å². The van der Waals surface area contributed by atoms with Gasteiger partial charge in [0.2, 0.25) is 0 Å². The first-order valence-corrected chi connectivity index (χ1v) is 5.06. The molecule has 1 aromatic carbocycles. The van der Waals surface area contributed by atoms with E-state index >= 15 is 0 Å². The molecule has 58 valence electrons. The van der Waals surface area contributed by atoms with Crippen LogP contribution in [0.2, 0.25) is 0 Å². The monoisotopic (exact) mass is 166 g/mol. The summed E-state index contributed by atoms with van der Waals surface area (Å²) in [5, 5.41) is 1.45. The van der Waals surface area contributed by atoms with E-state index in [-0.39, 0.29) is 0 Å². The lowest BCUT2D eigenvalue weighted by Crippen LogP contribution is -1.96. The fourth-order valence-electron chi connectivity index (χ4n) is 0.974. The minimum atomic E-state index is 0.577. The second-order valence-electron chi connectivity index (χ2n) is 2.70. The molecule has 1 heterocycles. The van der Waals surface area contributed by atoms with Crippen molar-refractivity contribution in [2.75, 3.05) is 12.8 Å². The molecule has 1 saturated heterocycles. The Labute approximate surface area is 68.5 Å². The van der Waals surface area contributed by atoms with Crippen LogP contribution in [-0.2, 0) is 4.74 Å². The molecule has 0 N–H and O–H groups in total. The van der Waals surface area contributed by atoms with Crippen molar-refractivity contribution in [2.24, 2.45) is 0 Å². The van der Waals surface area contributed by atoms with Crippen LogP contribution in [0.5, 0.6) is 0 Å². The number of ether oxygens (including phenoxy) is 1. The topological polar surface area (TPSA) is 12.5 Å². The van der Waals surface area contributed by atoms with E-state index in [0.717, 1.165) is 15.2 Å². The third-order valence-corrected chi connectivity index (χ3v) is 3.11. The predicted octanol–water partition coefficient (Wildman–Crippen LogP) is 1.39. The highest BCUT2D eigenvalue weighted by Crippen LogP contribution is 2.19. The van der Waals surface area contributed by atoms with Crippen molar-refractivity contribution in [3.63, 3.8) is 0 Å². The van der Waals surface area contributed by atoms with E-state index in [0.29, 0.717) is 6.10 Å². The standard InChI is InChI=1S/C9H11OP/c1-2-4-9(5-3-1)11-7-8-6-10-8/h1-5,8,11H,6-7H2. The molecule has 0 aromatic heterocycles. The van der Waals surface area contributed by atoms with E-state index in [1.807, 2.05) is 0 Å². The maximum absolute atomic E-state index is 5.14. The van der Waals surface area contributed by atoms with E-state index in [1.165, 1.54) is 11.5 Å². The first-order chi connectivity index (χ1) is 5.45. The molecule has 1 aliphatic heterocycles. The number of hydrogen-bond acceptors (Lipinski definition) is 1. The van der Waals surface area contributed by atoms with Crippen LogP contribution < -0.4 is 5.30 Å². The smallest absolute Gasteiger partial charge is 0.0849 e.